The summed E-state index contributed by atoms with van der Waals surface area (Å²) in [4.78, 5) is 16.1. The van der Waals surface area contributed by atoms with Crippen molar-refractivity contribution in [3.05, 3.63) is 23.7 Å². The van der Waals surface area contributed by atoms with E-state index in [2.05, 4.69) is 15.6 Å². The highest BCUT2D eigenvalue weighted by Gasteiger charge is 2.21. The molecule has 1 amide bonds. The van der Waals surface area contributed by atoms with Crippen molar-refractivity contribution in [3.63, 3.8) is 0 Å². The Morgan fingerprint density at radius 2 is 2.47 bits per heavy atom. The lowest BCUT2D eigenvalue weighted by Gasteiger charge is -2.10. The molecule has 1 atom stereocenters. The van der Waals surface area contributed by atoms with E-state index < -0.39 is 0 Å². The molecule has 17 heavy (non-hydrogen) atoms. The number of hydrogen-bond acceptors (Lipinski definition) is 4. The second kappa shape index (κ2) is 4.43. The number of aromatic nitrogens is 1. The molecule has 0 saturated carbocycles. The first-order valence-corrected chi connectivity index (χ1v) is 6.58. The first-order valence-electron chi connectivity index (χ1n) is 5.70. The maximum absolute atomic E-state index is 11.9. The molecule has 2 aromatic rings. The first-order chi connectivity index (χ1) is 8.33. The fourth-order valence-electron chi connectivity index (χ4n) is 2.07. The van der Waals surface area contributed by atoms with Gasteiger partial charge in [-0.3, -0.25) is 4.79 Å². The topological polar surface area (TPSA) is 54.0 Å². The van der Waals surface area contributed by atoms with Gasteiger partial charge in [-0.25, -0.2) is 4.98 Å². The molecule has 0 unspecified atom stereocenters. The summed E-state index contributed by atoms with van der Waals surface area (Å²) >= 11 is 1.58. The van der Waals surface area contributed by atoms with Gasteiger partial charge in [-0.1, -0.05) is 0 Å². The molecule has 1 aromatic heterocycles. The van der Waals surface area contributed by atoms with Crippen molar-refractivity contribution in [2.45, 2.75) is 18.9 Å². The van der Waals surface area contributed by atoms with Crippen LogP contribution in [0.5, 0.6) is 0 Å². The van der Waals surface area contributed by atoms with E-state index in [1.807, 2.05) is 23.7 Å². The van der Waals surface area contributed by atoms with E-state index in [-0.39, 0.29) is 11.9 Å². The second-order valence-electron chi connectivity index (χ2n) is 4.17. The van der Waals surface area contributed by atoms with E-state index in [1.54, 1.807) is 11.3 Å². The molecule has 4 nitrogen and oxygen atoms in total. The molecule has 1 aromatic carbocycles. The third-order valence-corrected chi connectivity index (χ3v) is 3.77. The molecule has 1 fully saturated rings. The molecular weight excluding hydrogens is 234 g/mol. The van der Waals surface area contributed by atoms with Crippen LogP contribution in [0.1, 0.15) is 12.8 Å². The molecule has 0 bridgehead atoms. The Kier molecular flexibility index (Phi) is 2.78. The van der Waals surface area contributed by atoms with Crippen LogP contribution in [-0.4, -0.2) is 23.5 Å². The molecule has 2 heterocycles. The summed E-state index contributed by atoms with van der Waals surface area (Å²) in [6.07, 6.45) is 2.00. The van der Waals surface area contributed by atoms with Gasteiger partial charge in [0.25, 0.3) is 0 Å². The maximum Gasteiger partial charge on any atom is 0.241 e. The highest BCUT2D eigenvalue weighted by Crippen LogP contribution is 2.22. The van der Waals surface area contributed by atoms with Crippen LogP contribution in [0.2, 0.25) is 0 Å². The van der Waals surface area contributed by atoms with E-state index in [1.165, 1.54) is 0 Å². The summed E-state index contributed by atoms with van der Waals surface area (Å²) in [6.45, 7) is 0.936. The van der Waals surface area contributed by atoms with Crippen LogP contribution in [0, 0.1) is 0 Å². The number of benzene rings is 1. The van der Waals surface area contributed by atoms with Crippen LogP contribution >= 0.6 is 11.3 Å². The zero-order chi connectivity index (χ0) is 11.7. The Bertz CT molecular complexity index is 545. The molecular formula is C12H13N3OS. The van der Waals surface area contributed by atoms with Gasteiger partial charge in [0, 0.05) is 5.69 Å². The van der Waals surface area contributed by atoms with E-state index in [0.717, 1.165) is 35.3 Å². The first kappa shape index (κ1) is 10.7. The van der Waals surface area contributed by atoms with E-state index in [0.29, 0.717) is 0 Å². The van der Waals surface area contributed by atoms with Crippen LogP contribution < -0.4 is 10.6 Å². The quantitative estimate of drug-likeness (QED) is 0.853. The molecule has 1 saturated heterocycles. The maximum atomic E-state index is 11.9. The predicted molar refractivity (Wildman–Crippen MR) is 69.3 cm³/mol. The monoisotopic (exact) mass is 247 g/mol. The summed E-state index contributed by atoms with van der Waals surface area (Å²) in [6, 6.07) is 5.77. The van der Waals surface area contributed by atoms with Crippen molar-refractivity contribution in [1.29, 1.82) is 0 Å². The average Bonchev–Trinajstić information content (AvgIpc) is 2.99. The molecule has 2 N–H and O–H groups in total. The van der Waals surface area contributed by atoms with Crippen LogP contribution in [0.3, 0.4) is 0 Å². The normalized spacial score (nSPS) is 19.6. The summed E-state index contributed by atoms with van der Waals surface area (Å²) in [5.41, 5.74) is 3.64. The molecule has 0 spiro atoms. The molecule has 3 rings (SSSR count). The molecule has 5 heteroatoms. The summed E-state index contributed by atoms with van der Waals surface area (Å²) in [5, 5.41) is 6.13. The van der Waals surface area contributed by atoms with Gasteiger partial charge in [-0.2, -0.15) is 0 Å². The third-order valence-electron chi connectivity index (χ3n) is 2.98. The minimum atomic E-state index is -0.0350. The van der Waals surface area contributed by atoms with Gasteiger partial charge in [-0.05, 0) is 37.6 Å². The number of fused-ring (bicyclic) bond motifs is 1. The Morgan fingerprint density at radius 1 is 1.53 bits per heavy atom. The summed E-state index contributed by atoms with van der Waals surface area (Å²) < 4.78 is 1.10. The zero-order valence-corrected chi connectivity index (χ0v) is 10.1. The number of thiazole rings is 1. The van der Waals surface area contributed by atoms with Crippen molar-refractivity contribution in [2.24, 2.45) is 0 Å². The zero-order valence-electron chi connectivity index (χ0n) is 9.27. The van der Waals surface area contributed by atoms with Crippen molar-refractivity contribution in [3.8, 4) is 0 Å². The number of nitrogens with one attached hydrogen (secondary N) is 2. The van der Waals surface area contributed by atoms with Crippen molar-refractivity contribution in [2.75, 3.05) is 11.9 Å². The molecule has 88 valence electrons. The summed E-state index contributed by atoms with van der Waals surface area (Å²) in [5.74, 6) is 0.0614. The lowest BCUT2D eigenvalue weighted by Crippen LogP contribution is -2.35. The minimum Gasteiger partial charge on any atom is -0.325 e. The lowest BCUT2D eigenvalue weighted by molar-refractivity contribution is -0.117. The van der Waals surface area contributed by atoms with Gasteiger partial charge >= 0.3 is 0 Å². The highest BCUT2D eigenvalue weighted by atomic mass is 32.1. The van der Waals surface area contributed by atoms with Crippen molar-refractivity contribution >= 4 is 33.1 Å². The van der Waals surface area contributed by atoms with Gasteiger partial charge in [0.2, 0.25) is 5.91 Å². The fourth-order valence-corrected chi connectivity index (χ4v) is 2.79. The van der Waals surface area contributed by atoms with E-state index >= 15 is 0 Å². The van der Waals surface area contributed by atoms with Gasteiger partial charge in [0.15, 0.2) is 0 Å². The molecule has 0 aliphatic carbocycles. The number of nitrogens with zero attached hydrogens (tertiary/aromatic N) is 1. The number of amides is 1. The number of carbonyl (C=O) groups excluding carboxylic acids is 1. The minimum absolute atomic E-state index is 0.0350. The highest BCUT2D eigenvalue weighted by molar-refractivity contribution is 7.16. The molecule has 0 radical (unpaired) electrons. The number of hydrogen-bond donors (Lipinski definition) is 2. The SMILES string of the molecule is O=C(Nc1ccc2ncsc2c1)[C@H]1CCCN1. The van der Waals surface area contributed by atoms with Crippen molar-refractivity contribution in [1.82, 2.24) is 10.3 Å². The van der Waals surface area contributed by atoms with Gasteiger partial charge in [0.05, 0.1) is 21.8 Å². The standard InChI is InChI=1S/C12H13N3OS/c16-12(10-2-1-5-13-10)15-8-3-4-9-11(6-8)17-7-14-9/h3-4,6-7,10,13H,1-2,5H2,(H,15,16)/t10-/m1/s1. The molecule has 1 aliphatic heterocycles. The second-order valence-corrected chi connectivity index (χ2v) is 5.06. The van der Waals surface area contributed by atoms with Crippen molar-refractivity contribution < 1.29 is 4.79 Å². The van der Waals surface area contributed by atoms with Crippen LogP contribution in [0.25, 0.3) is 10.2 Å². The number of carbonyl (C=O) groups is 1. The largest absolute Gasteiger partial charge is 0.325 e. The van der Waals surface area contributed by atoms with Crippen LogP contribution in [0.15, 0.2) is 23.7 Å². The molecule has 1 aliphatic rings. The average molecular weight is 247 g/mol. The predicted octanol–water partition coefficient (Wildman–Crippen LogP) is 1.99. The van der Waals surface area contributed by atoms with Gasteiger partial charge in [0.1, 0.15) is 0 Å². The Morgan fingerprint density at radius 3 is 3.29 bits per heavy atom. The lowest BCUT2D eigenvalue weighted by atomic mass is 10.2. The fraction of sp³-hybridized carbons (Fsp3) is 0.333. The van der Waals surface area contributed by atoms with E-state index in [9.17, 15) is 4.79 Å². The Labute approximate surface area is 103 Å². The van der Waals surface area contributed by atoms with E-state index in [4.69, 9.17) is 0 Å². The van der Waals surface area contributed by atoms with Gasteiger partial charge < -0.3 is 10.6 Å². The Hall–Kier alpha value is -1.46. The number of rotatable bonds is 2. The summed E-state index contributed by atoms with van der Waals surface area (Å²) in [7, 11) is 0. The third kappa shape index (κ3) is 2.16. The number of anilines is 1. The van der Waals surface area contributed by atoms with Gasteiger partial charge in [-0.15, -0.1) is 11.3 Å². The van der Waals surface area contributed by atoms with Crippen LogP contribution in [0.4, 0.5) is 5.69 Å². The Balaban J connectivity index is 1.77. The smallest absolute Gasteiger partial charge is 0.241 e. The van der Waals surface area contributed by atoms with Crippen LogP contribution in [-0.2, 0) is 4.79 Å².